The second kappa shape index (κ2) is 35.4. The number of hydrogen-bond acceptors (Lipinski definition) is 11. The molecular formula is C45H81NO11S. The maximum atomic E-state index is 12.9. The summed E-state index contributed by atoms with van der Waals surface area (Å²) in [6.07, 6.45) is 15.9. The lowest BCUT2D eigenvalue weighted by atomic mass is 9.88. The van der Waals surface area contributed by atoms with Crippen molar-refractivity contribution in [3.8, 4) is 0 Å². The van der Waals surface area contributed by atoms with E-state index in [2.05, 4.69) is 5.32 Å². The molecule has 0 radical (unpaired) electrons. The molecule has 58 heavy (non-hydrogen) atoms. The molecule has 0 saturated carbocycles. The smallest absolute Gasteiger partial charge is 0.329 e. The number of esters is 1. The molecule has 13 heteroatoms. The Labute approximate surface area is 355 Å². The van der Waals surface area contributed by atoms with Crippen molar-refractivity contribution >= 4 is 47.0 Å². The van der Waals surface area contributed by atoms with Crippen LogP contribution in [0.15, 0.2) is 0 Å². The van der Waals surface area contributed by atoms with E-state index in [1.54, 1.807) is 20.8 Å². The summed E-state index contributed by atoms with van der Waals surface area (Å²) in [4.78, 5) is 72.3. The lowest BCUT2D eigenvalue weighted by Gasteiger charge is -2.24. The number of carbonyl (C=O) groups is 6. The van der Waals surface area contributed by atoms with E-state index in [4.69, 9.17) is 24.1 Å². The topological polar surface area (TPSA) is 172 Å². The highest BCUT2D eigenvalue weighted by Gasteiger charge is 2.27. The van der Waals surface area contributed by atoms with Crippen LogP contribution < -0.4 is 5.32 Å². The van der Waals surface area contributed by atoms with Gasteiger partial charge in [-0.2, -0.15) is 11.8 Å². The summed E-state index contributed by atoms with van der Waals surface area (Å²) in [5.41, 5.74) is -0.920. The zero-order valence-electron chi connectivity index (χ0n) is 37.2. The number of ether oxygens (including phenoxy) is 4. The molecule has 0 aromatic carbocycles. The molecular weight excluding hydrogens is 763 g/mol. The molecule has 1 unspecified atom stereocenters. The van der Waals surface area contributed by atoms with Gasteiger partial charge in [-0.1, -0.05) is 59.3 Å². The van der Waals surface area contributed by atoms with Gasteiger partial charge in [0.15, 0.2) is 0 Å². The maximum Gasteiger partial charge on any atom is 0.329 e. The standard InChI is InChI=1S/C45H81NO11S/c1-44(2,3)40(49)23-13-9-7-11-19-35-58-36-20-12-8-10-14-24-41(50)46-39(43(53)57-45(4,5)6)27-25-37(47)21-15-17-29-54-31-33-56-34-32-55-30-18-16-22-38(48)26-28-42(51)52/h39H,7-36H2,1-6H3,(H,46,50)(H,51,52). The highest BCUT2D eigenvalue weighted by molar-refractivity contribution is 7.99. The molecule has 0 bridgehead atoms. The van der Waals surface area contributed by atoms with Gasteiger partial charge in [0.25, 0.3) is 0 Å². The van der Waals surface area contributed by atoms with Crippen molar-refractivity contribution in [2.24, 2.45) is 5.41 Å². The third-order valence-electron chi connectivity index (χ3n) is 9.31. The Balaban J connectivity index is 3.97. The minimum atomic E-state index is -0.956. The molecule has 0 fully saturated rings. The van der Waals surface area contributed by atoms with Crippen LogP contribution in [-0.2, 0) is 47.7 Å². The van der Waals surface area contributed by atoms with Crippen LogP contribution in [0.5, 0.6) is 0 Å². The molecule has 1 atom stereocenters. The number of nitrogens with one attached hydrogen (secondary N) is 1. The molecule has 0 heterocycles. The normalized spacial score (nSPS) is 12.3. The zero-order chi connectivity index (χ0) is 43.5. The summed E-state index contributed by atoms with van der Waals surface area (Å²) in [7, 11) is 0. The van der Waals surface area contributed by atoms with Crippen molar-refractivity contribution in [2.45, 2.75) is 194 Å². The minimum Gasteiger partial charge on any atom is -0.481 e. The number of carbonyl (C=O) groups excluding carboxylic acids is 5. The van der Waals surface area contributed by atoms with Crippen LogP contribution in [0.1, 0.15) is 183 Å². The number of hydrogen-bond donors (Lipinski definition) is 2. The van der Waals surface area contributed by atoms with E-state index in [1.165, 1.54) is 31.4 Å². The molecule has 1 amide bonds. The van der Waals surface area contributed by atoms with E-state index < -0.39 is 23.6 Å². The monoisotopic (exact) mass is 844 g/mol. The Hall–Kier alpha value is -2.35. The number of aliphatic carboxylic acids is 1. The lowest BCUT2D eigenvalue weighted by molar-refractivity contribution is -0.159. The quantitative estimate of drug-likeness (QED) is 0.0444. The van der Waals surface area contributed by atoms with E-state index in [9.17, 15) is 28.8 Å². The number of unbranched alkanes of at least 4 members (excludes halogenated alkanes) is 10. The van der Waals surface area contributed by atoms with Crippen molar-refractivity contribution in [3.05, 3.63) is 0 Å². The number of thioether (sulfide) groups is 1. The molecule has 0 aliphatic rings. The number of ketones is 3. The van der Waals surface area contributed by atoms with Gasteiger partial charge in [-0.3, -0.25) is 24.0 Å². The van der Waals surface area contributed by atoms with E-state index >= 15 is 0 Å². The van der Waals surface area contributed by atoms with Gasteiger partial charge in [0.1, 0.15) is 29.0 Å². The number of Topliss-reactive ketones (excluding diaryl/α,β-unsaturated/α-hetero) is 3. The number of carboxylic acids is 1. The van der Waals surface area contributed by atoms with Crippen LogP contribution in [-0.4, -0.2) is 103 Å². The van der Waals surface area contributed by atoms with Crippen LogP contribution >= 0.6 is 11.8 Å². The largest absolute Gasteiger partial charge is 0.481 e. The number of amides is 1. The van der Waals surface area contributed by atoms with Crippen LogP contribution in [0, 0.1) is 5.41 Å². The second-order valence-corrected chi connectivity index (χ2v) is 18.5. The van der Waals surface area contributed by atoms with Gasteiger partial charge in [0, 0.05) is 57.2 Å². The van der Waals surface area contributed by atoms with Gasteiger partial charge in [-0.25, -0.2) is 4.79 Å². The first-order valence-electron chi connectivity index (χ1n) is 22.1. The van der Waals surface area contributed by atoms with Crippen LogP contribution in [0.2, 0.25) is 0 Å². The van der Waals surface area contributed by atoms with Crippen molar-refractivity contribution in [1.82, 2.24) is 5.32 Å². The average molecular weight is 844 g/mol. The molecule has 0 rings (SSSR count). The molecule has 0 spiro atoms. The molecule has 0 aromatic heterocycles. The SMILES string of the molecule is CC(C)(C)OC(=O)C(CCC(=O)CCCCOCCOCCOCCCCC(=O)CCC(=O)O)NC(=O)CCCCCCCSCCCCCCCC(=O)C(C)(C)C. The van der Waals surface area contributed by atoms with Crippen molar-refractivity contribution in [3.63, 3.8) is 0 Å². The Morgan fingerprint density at radius 1 is 0.517 bits per heavy atom. The van der Waals surface area contributed by atoms with E-state index in [0.717, 1.165) is 57.1 Å². The Morgan fingerprint density at radius 3 is 1.47 bits per heavy atom. The average Bonchev–Trinajstić information content (AvgIpc) is 3.14. The summed E-state index contributed by atoms with van der Waals surface area (Å²) in [6.45, 7) is 14.1. The predicted molar refractivity (Wildman–Crippen MR) is 231 cm³/mol. The third-order valence-corrected chi connectivity index (χ3v) is 10.5. The molecule has 0 aliphatic heterocycles. The first-order chi connectivity index (χ1) is 27.5. The lowest BCUT2D eigenvalue weighted by Crippen LogP contribution is -2.44. The molecule has 12 nitrogen and oxygen atoms in total. The van der Waals surface area contributed by atoms with Gasteiger partial charge in [-0.15, -0.1) is 0 Å². The summed E-state index contributed by atoms with van der Waals surface area (Å²) < 4.78 is 22.1. The maximum absolute atomic E-state index is 12.9. The number of rotatable bonds is 40. The summed E-state index contributed by atoms with van der Waals surface area (Å²) in [5, 5.41) is 11.4. The van der Waals surface area contributed by atoms with Gasteiger partial charge in [-0.05, 0) is 90.1 Å². The molecule has 338 valence electrons. The van der Waals surface area contributed by atoms with Crippen LogP contribution in [0.4, 0.5) is 0 Å². The van der Waals surface area contributed by atoms with Gasteiger partial charge in [0.2, 0.25) is 5.91 Å². The summed E-state index contributed by atoms with van der Waals surface area (Å²) in [6, 6.07) is -0.855. The van der Waals surface area contributed by atoms with E-state index in [0.29, 0.717) is 83.9 Å². The van der Waals surface area contributed by atoms with Gasteiger partial charge >= 0.3 is 11.9 Å². The highest BCUT2D eigenvalue weighted by Crippen LogP contribution is 2.20. The van der Waals surface area contributed by atoms with Gasteiger partial charge in [0.05, 0.1) is 32.8 Å². The Morgan fingerprint density at radius 2 is 0.966 bits per heavy atom. The highest BCUT2D eigenvalue weighted by atomic mass is 32.2. The molecule has 0 aliphatic carbocycles. The molecule has 2 N–H and O–H groups in total. The fourth-order valence-electron chi connectivity index (χ4n) is 5.80. The molecule has 0 saturated heterocycles. The second-order valence-electron chi connectivity index (χ2n) is 17.2. The van der Waals surface area contributed by atoms with Crippen LogP contribution in [0.25, 0.3) is 0 Å². The Kier molecular flexibility index (Phi) is 34.0. The van der Waals surface area contributed by atoms with Gasteiger partial charge < -0.3 is 29.4 Å². The summed E-state index contributed by atoms with van der Waals surface area (Å²) in [5.74, 6) is 1.06. The van der Waals surface area contributed by atoms with Crippen molar-refractivity contribution < 1.29 is 52.8 Å². The van der Waals surface area contributed by atoms with Crippen LogP contribution in [0.3, 0.4) is 0 Å². The number of carboxylic acid groups (broad SMARTS) is 1. The van der Waals surface area contributed by atoms with E-state index in [-0.39, 0.29) is 48.6 Å². The summed E-state index contributed by atoms with van der Waals surface area (Å²) >= 11 is 2.01. The first-order valence-corrected chi connectivity index (χ1v) is 23.3. The fraction of sp³-hybridized carbons (Fsp3) is 0.867. The third kappa shape index (κ3) is 37.9. The Bertz CT molecular complexity index is 1130. The molecule has 0 aromatic rings. The van der Waals surface area contributed by atoms with Crippen molar-refractivity contribution in [2.75, 3.05) is 51.1 Å². The van der Waals surface area contributed by atoms with E-state index in [1.807, 2.05) is 32.5 Å². The minimum absolute atomic E-state index is 0.0335. The zero-order valence-corrected chi connectivity index (χ0v) is 38.0. The fourth-order valence-corrected chi connectivity index (χ4v) is 6.82. The van der Waals surface area contributed by atoms with Crippen molar-refractivity contribution in [1.29, 1.82) is 0 Å². The predicted octanol–water partition coefficient (Wildman–Crippen LogP) is 9.02. The first kappa shape index (κ1) is 55.7.